The molecular formula is C26H35N5O2. The zero-order valence-electron chi connectivity index (χ0n) is 19.6. The molecule has 1 aromatic heterocycles. The lowest BCUT2D eigenvalue weighted by atomic mass is 9.60. The van der Waals surface area contributed by atoms with E-state index >= 15 is 0 Å². The molecule has 2 aromatic rings. The van der Waals surface area contributed by atoms with Crippen molar-refractivity contribution < 1.29 is 9.59 Å². The van der Waals surface area contributed by atoms with Crippen LogP contribution in [0.15, 0.2) is 18.2 Å². The first-order valence-corrected chi connectivity index (χ1v) is 12.8. The van der Waals surface area contributed by atoms with Crippen LogP contribution in [0.1, 0.15) is 74.5 Å². The van der Waals surface area contributed by atoms with Crippen molar-refractivity contribution >= 4 is 22.7 Å². The largest absolute Gasteiger partial charge is 0.317 e. The van der Waals surface area contributed by atoms with Gasteiger partial charge in [-0.1, -0.05) is 12.1 Å². The Morgan fingerprint density at radius 3 is 2.55 bits per heavy atom. The average molecular weight is 450 g/mol. The predicted molar refractivity (Wildman–Crippen MR) is 127 cm³/mol. The molecule has 6 rings (SSSR count). The van der Waals surface area contributed by atoms with E-state index in [-0.39, 0.29) is 17.7 Å². The first kappa shape index (κ1) is 21.3. The van der Waals surface area contributed by atoms with Crippen molar-refractivity contribution in [3.05, 3.63) is 29.5 Å². The van der Waals surface area contributed by atoms with Crippen LogP contribution in [-0.4, -0.2) is 58.7 Å². The van der Waals surface area contributed by atoms with Gasteiger partial charge in [-0.25, -0.2) is 0 Å². The lowest BCUT2D eigenvalue weighted by Gasteiger charge is -2.55. The second-order valence-corrected chi connectivity index (χ2v) is 10.9. The minimum atomic E-state index is -0.341. The Morgan fingerprint density at radius 1 is 1.06 bits per heavy atom. The van der Waals surface area contributed by atoms with Gasteiger partial charge in [0.05, 0.1) is 17.1 Å². The third-order valence-electron chi connectivity index (χ3n) is 8.99. The number of rotatable bonds is 3. The van der Waals surface area contributed by atoms with Gasteiger partial charge in [0, 0.05) is 24.9 Å². The molecule has 7 heteroatoms. The van der Waals surface area contributed by atoms with Gasteiger partial charge >= 0.3 is 0 Å². The maximum Gasteiger partial charge on any atom is 0.235 e. The Kier molecular flexibility index (Phi) is 5.29. The Hall–Kier alpha value is -2.25. The number of hydrogen-bond acceptors (Lipinski definition) is 5. The summed E-state index contributed by atoms with van der Waals surface area (Å²) in [6.45, 7) is 4.82. The highest BCUT2D eigenvalue weighted by molar-refractivity contribution is 6.02. The van der Waals surface area contributed by atoms with E-state index in [0.717, 1.165) is 22.6 Å². The number of imide groups is 1. The van der Waals surface area contributed by atoms with Crippen LogP contribution in [0.4, 0.5) is 0 Å². The smallest absolute Gasteiger partial charge is 0.235 e. The lowest BCUT2D eigenvalue weighted by molar-refractivity contribution is -0.134. The number of aromatic nitrogens is 2. The molecule has 1 spiro atoms. The Labute approximate surface area is 195 Å². The maximum atomic E-state index is 12.4. The molecule has 2 N–H and O–H groups in total. The Morgan fingerprint density at radius 2 is 1.82 bits per heavy atom. The van der Waals surface area contributed by atoms with Crippen LogP contribution in [0, 0.1) is 5.41 Å². The fourth-order valence-corrected chi connectivity index (χ4v) is 6.93. The number of hydrogen-bond donors (Lipinski definition) is 2. The normalized spacial score (nSPS) is 27.1. The first-order chi connectivity index (χ1) is 16.0. The summed E-state index contributed by atoms with van der Waals surface area (Å²) in [6, 6.07) is 7.48. The SMILES string of the molecule is Cn1nc(C2CCC(=O)NC2=O)c2ccc(C3CCN(C4CC5(CCNCC5)C4)CC3)cc21. The van der Waals surface area contributed by atoms with Gasteiger partial charge in [0.1, 0.15) is 0 Å². The van der Waals surface area contributed by atoms with E-state index in [1.165, 1.54) is 70.3 Å². The Bertz CT molecular complexity index is 1070. The van der Waals surface area contributed by atoms with E-state index in [1.807, 2.05) is 11.7 Å². The van der Waals surface area contributed by atoms with Crippen LogP contribution in [-0.2, 0) is 16.6 Å². The number of fused-ring (bicyclic) bond motifs is 1. The number of piperidine rings is 3. The fraction of sp³-hybridized carbons (Fsp3) is 0.654. The molecule has 176 valence electrons. The van der Waals surface area contributed by atoms with Crippen LogP contribution < -0.4 is 10.6 Å². The number of nitrogens with zero attached hydrogens (tertiary/aromatic N) is 3. The molecule has 4 aliphatic rings. The van der Waals surface area contributed by atoms with Gasteiger partial charge in [-0.15, -0.1) is 0 Å². The zero-order chi connectivity index (χ0) is 22.6. The number of carbonyl (C=O) groups excluding carboxylic acids is 2. The third-order valence-corrected chi connectivity index (χ3v) is 8.99. The summed E-state index contributed by atoms with van der Waals surface area (Å²) in [6.07, 6.45) is 8.90. The molecular weight excluding hydrogens is 414 g/mol. The average Bonchev–Trinajstić information content (AvgIpc) is 3.14. The van der Waals surface area contributed by atoms with Crippen LogP contribution in [0.2, 0.25) is 0 Å². The minimum absolute atomic E-state index is 0.182. The zero-order valence-corrected chi connectivity index (χ0v) is 19.6. The number of benzene rings is 1. The molecule has 2 amide bonds. The van der Waals surface area contributed by atoms with Crippen LogP contribution in [0.3, 0.4) is 0 Å². The van der Waals surface area contributed by atoms with E-state index in [0.29, 0.717) is 24.2 Å². The molecule has 1 atom stereocenters. The van der Waals surface area contributed by atoms with Gasteiger partial charge in [-0.3, -0.25) is 19.6 Å². The molecule has 1 unspecified atom stereocenters. The first-order valence-electron chi connectivity index (χ1n) is 12.8. The topological polar surface area (TPSA) is 79.3 Å². The van der Waals surface area contributed by atoms with Gasteiger partial charge in [0.15, 0.2) is 0 Å². The van der Waals surface area contributed by atoms with Crippen molar-refractivity contribution in [3.8, 4) is 0 Å². The highest BCUT2D eigenvalue weighted by Gasteiger charge is 2.47. The van der Waals surface area contributed by atoms with E-state index in [2.05, 4.69) is 33.7 Å². The summed E-state index contributed by atoms with van der Waals surface area (Å²) in [7, 11) is 1.96. The number of likely N-dealkylation sites (tertiary alicyclic amines) is 1. The highest BCUT2D eigenvalue weighted by Crippen LogP contribution is 2.50. The fourth-order valence-electron chi connectivity index (χ4n) is 6.93. The number of nitrogens with one attached hydrogen (secondary N) is 2. The van der Waals surface area contributed by atoms with Crippen molar-refractivity contribution in [2.75, 3.05) is 26.2 Å². The molecule has 7 nitrogen and oxygen atoms in total. The van der Waals surface area contributed by atoms with E-state index < -0.39 is 0 Å². The summed E-state index contributed by atoms with van der Waals surface area (Å²) in [5.74, 6) is -0.151. The van der Waals surface area contributed by atoms with Gasteiger partial charge in [0.25, 0.3) is 0 Å². The molecule has 3 aliphatic heterocycles. The number of carbonyl (C=O) groups is 2. The van der Waals surface area contributed by atoms with Crippen LogP contribution >= 0.6 is 0 Å². The summed E-state index contributed by atoms with van der Waals surface area (Å²) in [4.78, 5) is 26.7. The summed E-state index contributed by atoms with van der Waals surface area (Å²) >= 11 is 0. The molecule has 4 heterocycles. The maximum absolute atomic E-state index is 12.4. The van der Waals surface area contributed by atoms with Gasteiger partial charge in [-0.05, 0) is 94.1 Å². The van der Waals surface area contributed by atoms with E-state index in [9.17, 15) is 9.59 Å². The van der Waals surface area contributed by atoms with E-state index in [4.69, 9.17) is 5.10 Å². The molecule has 1 saturated carbocycles. The van der Waals surface area contributed by atoms with Crippen LogP contribution in [0.25, 0.3) is 10.9 Å². The van der Waals surface area contributed by atoms with Crippen molar-refractivity contribution in [2.24, 2.45) is 12.5 Å². The van der Waals surface area contributed by atoms with Gasteiger partial charge in [0.2, 0.25) is 11.8 Å². The summed E-state index contributed by atoms with van der Waals surface area (Å²) < 4.78 is 1.90. The Balaban J connectivity index is 1.13. The molecule has 0 radical (unpaired) electrons. The van der Waals surface area contributed by atoms with Crippen molar-refractivity contribution in [1.29, 1.82) is 0 Å². The lowest BCUT2D eigenvalue weighted by Crippen LogP contribution is -2.55. The van der Waals surface area contributed by atoms with Gasteiger partial charge in [-0.2, -0.15) is 5.10 Å². The molecule has 3 saturated heterocycles. The third kappa shape index (κ3) is 3.79. The quantitative estimate of drug-likeness (QED) is 0.705. The monoisotopic (exact) mass is 449 g/mol. The predicted octanol–water partition coefficient (Wildman–Crippen LogP) is 2.81. The second-order valence-electron chi connectivity index (χ2n) is 10.9. The van der Waals surface area contributed by atoms with Crippen molar-refractivity contribution in [3.63, 3.8) is 0 Å². The second kappa shape index (κ2) is 8.20. The van der Waals surface area contributed by atoms with Crippen molar-refractivity contribution in [1.82, 2.24) is 25.3 Å². The summed E-state index contributed by atoms with van der Waals surface area (Å²) in [5.41, 5.74) is 3.93. The van der Waals surface area contributed by atoms with Crippen LogP contribution in [0.5, 0.6) is 0 Å². The molecule has 1 aliphatic carbocycles. The van der Waals surface area contributed by atoms with Gasteiger partial charge < -0.3 is 10.2 Å². The molecule has 33 heavy (non-hydrogen) atoms. The number of aryl methyl sites for hydroxylation is 1. The minimum Gasteiger partial charge on any atom is -0.317 e. The standard InChI is InChI=1S/C26H35N5O2/c1-30-22-14-18(2-3-20(22)24(29-30)21-4-5-23(32)28-25(21)33)17-6-12-31(13-7-17)19-15-26(16-19)8-10-27-11-9-26/h2-3,14,17,19,21,27H,4-13,15-16H2,1H3,(H,28,32,33). The molecule has 4 fully saturated rings. The highest BCUT2D eigenvalue weighted by atomic mass is 16.2. The summed E-state index contributed by atoms with van der Waals surface area (Å²) in [5, 5.41) is 11.7. The molecule has 0 bridgehead atoms. The van der Waals surface area contributed by atoms with E-state index in [1.54, 1.807) is 0 Å². The van der Waals surface area contributed by atoms with Crippen molar-refractivity contribution in [2.45, 2.75) is 69.2 Å². The molecule has 1 aromatic carbocycles. The number of amides is 2.